The topological polar surface area (TPSA) is 80.5 Å². The Balaban J connectivity index is 2.16. The minimum Gasteiger partial charge on any atom is -0.366 e. The lowest BCUT2D eigenvalue weighted by Gasteiger charge is -2.31. The number of anilines is 1. The van der Waals surface area contributed by atoms with Crippen LogP contribution in [0.25, 0.3) is 0 Å². The summed E-state index contributed by atoms with van der Waals surface area (Å²) in [5.74, 6) is -0.572. The fourth-order valence-corrected chi connectivity index (χ4v) is 6.34. The van der Waals surface area contributed by atoms with Crippen LogP contribution in [-0.4, -0.2) is 20.9 Å². The summed E-state index contributed by atoms with van der Waals surface area (Å²) < 4.78 is 27.6. The summed E-state index contributed by atoms with van der Waals surface area (Å²) in [6.45, 7) is 0.307. The summed E-state index contributed by atoms with van der Waals surface area (Å²) in [4.78, 5) is 11.6. The van der Waals surface area contributed by atoms with Gasteiger partial charge < -0.3 is 5.73 Å². The first kappa shape index (κ1) is 16.6. The molecule has 0 radical (unpaired) electrons. The van der Waals surface area contributed by atoms with E-state index in [2.05, 4.69) is 0 Å². The predicted molar refractivity (Wildman–Crippen MR) is 92.2 cm³/mol. The molecule has 0 saturated heterocycles. The number of carbonyl (C=O) groups is 1. The normalized spacial score (nSPS) is 14.6. The van der Waals surface area contributed by atoms with E-state index in [0.717, 1.165) is 11.3 Å². The van der Waals surface area contributed by atoms with Gasteiger partial charge in [0.2, 0.25) is 5.91 Å². The molecule has 0 unspecified atom stereocenters. The molecule has 0 atom stereocenters. The van der Waals surface area contributed by atoms with Crippen LogP contribution in [0, 0.1) is 0 Å². The third kappa shape index (κ3) is 2.82. The number of nitrogens with two attached hydrogens (primary N) is 1. The Hall–Kier alpha value is -1.28. The number of halogens is 2. The van der Waals surface area contributed by atoms with E-state index >= 15 is 0 Å². The molecule has 2 aromatic rings. The van der Waals surface area contributed by atoms with Gasteiger partial charge in [0.15, 0.2) is 0 Å². The SMILES string of the molecule is NC(=O)c1cccc2c1CCCN2S(=O)(=O)c1cc(Cl)sc1Cl. The lowest BCUT2D eigenvalue weighted by atomic mass is 9.97. The second-order valence-electron chi connectivity index (χ2n) is 5.04. The van der Waals surface area contributed by atoms with Crippen molar-refractivity contribution in [3.63, 3.8) is 0 Å². The van der Waals surface area contributed by atoms with E-state index in [1.54, 1.807) is 18.2 Å². The summed E-state index contributed by atoms with van der Waals surface area (Å²) in [6, 6.07) is 6.23. The van der Waals surface area contributed by atoms with Crippen LogP contribution in [0.3, 0.4) is 0 Å². The standard InChI is InChI=1S/C14H12Cl2N2O3S2/c15-12-7-11(13(16)22-12)23(20,21)18-6-2-4-8-9(14(17)19)3-1-5-10(8)18/h1,3,5,7H,2,4,6H2,(H2,17,19). The number of thiophene rings is 1. The number of sulfonamides is 1. The molecular weight excluding hydrogens is 379 g/mol. The molecule has 1 amide bonds. The van der Waals surface area contributed by atoms with E-state index in [1.165, 1.54) is 10.4 Å². The second kappa shape index (κ2) is 5.98. The van der Waals surface area contributed by atoms with Crippen LogP contribution < -0.4 is 10.0 Å². The Morgan fingerprint density at radius 2 is 2.04 bits per heavy atom. The lowest BCUT2D eigenvalue weighted by Crippen LogP contribution is -2.36. The number of amides is 1. The minimum atomic E-state index is -3.85. The van der Waals surface area contributed by atoms with Gasteiger partial charge in [-0.3, -0.25) is 9.10 Å². The van der Waals surface area contributed by atoms with Crippen LogP contribution >= 0.6 is 34.5 Å². The number of hydrogen-bond donors (Lipinski definition) is 1. The molecule has 0 saturated carbocycles. The Morgan fingerprint density at radius 1 is 1.30 bits per heavy atom. The predicted octanol–water partition coefficient (Wildman–Crippen LogP) is 3.30. The highest BCUT2D eigenvalue weighted by atomic mass is 35.5. The summed E-state index contributed by atoms with van der Waals surface area (Å²) in [7, 11) is -3.85. The maximum absolute atomic E-state index is 12.9. The van der Waals surface area contributed by atoms with Crippen LogP contribution in [-0.2, 0) is 16.4 Å². The summed E-state index contributed by atoms with van der Waals surface area (Å²) >= 11 is 12.9. The van der Waals surface area contributed by atoms with E-state index < -0.39 is 15.9 Å². The zero-order chi connectivity index (χ0) is 16.8. The van der Waals surface area contributed by atoms with Gasteiger partial charge in [-0.05, 0) is 36.6 Å². The number of carbonyl (C=O) groups excluding carboxylic acids is 1. The number of primary amides is 1. The fraction of sp³-hybridized carbons (Fsp3) is 0.214. The first-order valence-electron chi connectivity index (χ1n) is 6.71. The van der Waals surface area contributed by atoms with Crippen molar-refractivity contribution in [2.24, 2.45) is 5.73 Å². The van der Waals surface area contributed by atoms with E-state index in [4.69, 9.17) is 28.9 Å². The number of rotatable bonds is 3. The van der Waals surface area contributed by atoms with E-state index in [0.29, 0.717) is 40.5 Å². The van der Waals surface area contributed by atoms with E-state index in [1.807, 2.05) is 0 Å². The van der Waals surface area contributed by atoms with Gasteiger partial charge in [-0.15, -0.1) is 11.3 Å². The number of benzene rings is 1. The van der Waals surface area contributed by atoms with Gasteiger partial charge in [-0.25, -0.2) is 8.42 Å². The van der Waals surface area contributed by atoms with Crippen molar-refractivity contribution in [2.45, 2.75) is 17.7 Å². The molecule has 1 aromatic heterocycles. The summed E-state index contributed by atoms with van der Waals surface area (Å²) in [6.07, 6.45) is 1.19. The van der Waals surface area contributed by atoms with Gasteiger partial charge in [0, 0.05) is 12.1 Å². The van der Waals surface area contributed by atoms with Gasteiger partial charge in [-0.2, -0.15) is 0 Å². The highest BCUT2D eigenvalue weighted by Crippen LogP contribution is 2.39. The molecular formula is C14H12Cl2N2O3S2. The highest BCUT2D eigenvalue weighted by Gasteiger charge is 2.33. The van der Waals surface area contributed by atoms with Crippen LogP contribution in [0.5, 0.6) is 0 Å². The van der Waals surface area contributed by atoms with Crippen molar-refractivity contribution in [2.75, 3.05) is 10.8 Å². The monoisotopic (exact) mass is 390 g/mol. The average Bonchev–Trinajstić information content (AvgIpc) is 2.85. The summed E-state index contributed by atoms with van der Waals surface area (Å²) in [5.41, 5.74) is 6.84. The molecule has 9 heteroatoms. The molecule has 1 aliphatic rings. The number of fused-ring (bicyclic) bond motifs is 1. The highest BCUT2D eigenvalue weighted by molar-refractivity contribution is 7.93. The van der Waals surface area contributed by atoms with Crippen molar-refractivity contribution in [1.82, 2.24) is 0 Å². The quantitative estimate of drug-likeness (QED) is 0.872. The average molecular weight is 391 g/mol. The minimum absolute atomic E-state index is 0.0218. The maximum atomic E-state index is 12.9. The van der Waals surface area contributed by atoms with Crippen molar-refractivity contribution < 1.29 is 13.2 Å². The van der Waals surface area contributed by atoms with Crippen LogP contribution in [0.15, 0.2) is 29.2 Å². The molecule has 2 heterocycles. The lowest BCUT2D eigenvalue weighted by molar-refractivity contribution is 0.0999. The third-order valence-corrected chi connectivity index (χ3v) is 7.23. The number of nitrogens with zero attached hydrogens (tertiary/aromatic N) is 1. The van der Waals surface area contributed by atoms with Gasteiger partial charge >= 0.3 is 0 Å². The molecule has 0 bridgehead atoms. The Morgan fingerprint density at radius 3 is 2.65 bits per heavy atom. The van der Waals surface area contributed by atoms with Gasteiger partial charge in [0.25, 0.3) is 10.0 Å². The molecule has 23 heavy (non-hydrogen) atoms. The largest absolute Gasteiger partial charge is 0.366 e. The molecule has 0 aliphatic carbocycles. The molecule has 0 fully saturated rings. The molecule has 1 aromatic carbocycles. The third-order valence-electron chi connectivity index (χ3n) is 3.67. The Kier molecular flexibility index (Phi) is 4.31. The van der Waals surface area contributed by atoms with Gasteiger partial charge in [-0.1, -0.05) is 29.3 Å². The van der Waals surface area contributed by atoms with Crippen molar-refractivity contribution in [3.8, 4) is 0 Å². The smallest absolute Gasteiger partial charge is 0.266 e. The first-order chi connectivity index (χ1) is 10.8. The van der Waals surface area contributed by atoms with Gasteiger partial charge in [0.1, 0.15) is 9.23 Å². The van der Waals surface area contributed by atoms with Crippen molar-refractivity contribution in [1.29, 1.82) is 0 Å². The molecule has 1 aliphatic heterocycles. The number of hydrogen-bond acceptors (Lipinski definition) is 4. The van der Waals surface area contributed by atoms with Crippen LogP contribution in [0.2, 0.25) is 8.67 Å². The summed E-state index contributed by atoms with van der Waals surface area (Å²) in [5, 5.41) is 0. The van der Waals surface area contributed by atoms with Crippen molar-refractivity contribution in [3.05, 3.63) is 44.1 Å². The molecule has 0 spiro atoms. The Bertz CT molecular complexity index is 893. The molecule has 5 nitrogen and oxygen atoms in total. The Labute approximate surface area is 147 Å². The van der Waals surface area contributed by atoms with Crippen molar-refractivity contribution >= 4 is 56.2 Å². The maximum Gasteiger partial charge on any atom is 0.266 e. The zero-order valence-electron chi connectivity index (χ0n) is 11.8. The van der Waals surface area contributed by atoms with Crippen LogP contribution in [0.1, 0.15) is 22.3 Å². The van der Waals surface area contributed by atoms with E-state index in [-0.39, 0.29) is 9.23 Å². The molecule has 3 rings (SSSR count). The van der Waals surface area contributed by atoms with E-state index in [9.17, 15) is 13.2 Å². The molecule has 2 N–H and O–H groups in total. The second-order valence-corrected chi connectivity index (χ2v) is 9.15. The van der Waals surface area contributed by atoms with Gasteiger partial charge in [0.05, 0.1) is 10.0 Å². The zero-order valence-corrected chi connectivity index (χ0v) is 14.9. The molecule has 122 valence electrons. The fourth-order valence-electron chi connectivity index (χ4n) is 2.69. The van der Waals surface area contributed by atoms with Crippen LogP contribution in [0.4, 0.5) is 5.69 Å². The first-order valence-corrected chi connectivity index (χ1v) is 9.73.